The molecule has 0 radical (unpaired) electrons. The molecule has 0 spiro atoms. The summed E-state index contributed by atoms with van der Waals surface area (Å²) in [7, 11) is 1.86. The number of hydrogen-bond donors (Lipinski definition) is 2. The van der Waals surface area contributed by atoms with Crippen LogP contribution in [0.4, 0.5) is 5.69 Å². The lowest BCUT2D eigenvalue weighted by atomic mass is 10.0. The third kappa shape index (κ3) is 4.57. The Morgan fingerprint density at radius 1 is 1.11 bits per heavy atom. The van der Waals surface area contributed by atoms with Crippen molar-refractivity contribution in [2.75, 3.05) is 11.4 Å². The molecule has 0 fully saturated rings. The van der Waals surface area contributed by atoms with E-state index in [1.54, 1.807) is 27.8 Å². The summed E-state index contributed by atoms with van der Waals surface area (Å²) in [5.74, 6) is -0.560. The maximum Gasteiger partial charge on any atom is 0.277 e. The van der Waals surface area contributed by atoms with E-state index in [1.165, 1.54) is 15.8 Å². The molecule has 4 aromatic rings. The first kappa shape index (κ1) is 26.0. The summed E-state index contributed by atoms with van der Waals surface area (Å²) in [6, 6.07) is 15.2. The van der Waals surface area contributed by atoms with Crippen molar-refractivity contribution in [3.8, 4) is 5.69 Å². The number of carbonyl (C=O) groups is 2. The molecule has 0 saturated carbocycles. The van der Waals surface area contributed by atoms with Crippen LogP contribution in [0, 0.1) is 6.92 Å². The van der Waals surface area contributed by atoms with E-state index in [1.807, 2.05) is 32.2 Å². The quantitative estimate of drug-likeness (QED) is 0.394. The molecule has 2 aliphatic rings. The zero-order chi connectivity index (χ0) is 25.7. The fourth-order valence-electron chi connectivity index (χ4n) is 4.97. The van der Waals surface area contributed by atoms with Gasteiger partial charge in [0.25, 0.3) is 11.8 Å². The number of halogens is 2. The normalized spacial score (nSPS) is 14.2. The Morgan fingerprint density at radius 3 is 2.71 bits per heavy atom. The Bertz CT molecular complexity index is 1540. The van der Waals surface area contributed by atoms with Gasteiger partial charge in [-0.2, -0.15) is 10.2 Å². The predicted molar refractivity (Wildman–Crippen MR) is 147 cm³/mol. The van der Waals surface area contributed by atoms with Crippen molar-refractivity contribution in [3.63, 3.8) is 0 Å². The molecule has 2 aliphatic heterocycles. The smallest absolute Gasteiger partial charge is 0.277 e. The van der Waals surface area contributed by atoms with Crippen LogP contribution in [0.3, 0.4) is 0 Å². The van der Waals surface area contributed by atoms with Crippen LogP contribution in [0.15, 0.2) is 48.5 Å². The maximum atomic E-state index is 13.8. The SMILES string of the molecule is Cc1cc(CNC(=O)c2nn(-c3cccc(Cl)c3)c3c2CN(c2ccc4c(c2)CNCC4)C3=O)nn1C.Cl. The molecular formula is C27H27Cl2N7O2. The molecule has 0 aliphatic carbocycles. The summed E-state index contributed by atoms with van der Waals surface area (Å²) in [4.78, 5) is 28.8. The number of nitrogens with zero attached hydrogens (tertiary/aromatic N) is 5. The molecule has 9 nitrogen and oxygen atoms in total. The molecule has 0 bridgehead atoms. The molecule has 2 N–H and O–H groups in total. The van der Waals surface area contributed by atoms with Gasteiger partial charge >= 0.3 is 0 Å². The van der Waals surface area contributed by atoms with E-state index in [4.69, 9.17) is 11.6 Å². The largest absolute Gasteiger partial charge is 0.345 e. The summed E-state index contributed by atoms with van der Waals surface area (Å²) in [6.45, 7) is 4.19. The van der Waals surface area contributed by atoms with Crippen molar-refractivity contribution in [3.05, 3.63) is 93.0 Å². The second-order valence-corrected chi connectivity index (χ2v) is 9.86. The Labute approximate surface area is 231 Å². The number of benzene rings is 2. The third-order valence-electron chi connectivity index (χ3n) is 7.00. The highest BCUT2D eigenvalue weighted by atomic mass is 35.5. The molecule has 2 amide bonds. The molecular weight excluding hydrogens is 525 g/mol. The summed E-state index contributed by atoms with van der Waals surface area (Å²) in [5.41, 5.74) is 6.83. The number of aromatic nitrogens is 4. The Balaban J connectivity index is 0.00000294. The van der Waals surface area contributed by atoms with Gasteiger partial charge in [-0.05, 0) is 67.4 Å². The molecule has 4 heterocycles. The van der Waals surface area contributed by atoms with Gasteiger partial charge in [0.1, 0.15) is 5.69 Å². The fraction of sp³-hybridized carbons (Fsp3) is 0.259. The number of nitrogens with one attached hydrogen (secondary N) is 2. The highest BCUT2D eigenvalue weighted by molar-refractivity contribution is 6.30. The fourth-order valence-corrected chi connectivity index (χ4v) is 5.16. The van der Waals surface area contributed by atoms with Gasteiger partial charge in [-0.25, -0.2) is 4.68 Å². The average molecular weight is 552 g/mol. The minimum atomic E-state index is -0.357. The van der Waals surface area contributed by atoms with Crippen LogP contribution in [-0.4, -0.2) is 37.9 Å². The second-order valence-electron chi connectivity index (χ2n) is 9.42. The van der Waals surface area contributed by atoms with E-state index < -0.39 is 0 Å². The van der Waals surface area contributed by atoms with Gasteiger partial charge in [0, 0.05) is 35.6 Å². The van der Waals surface area contributed by atoms with E-state index >= 15 is 0 Å². The van der Waals surface area contributed by atoms with Crippen LogP contribution < -0.4 is 15.5 Å². The van der Waals surface area contributed by atoms with E-state index in [-0.39, 0.29) is 43.0 Å². The summed E-state index contributed by atoms with van der Waals surface area (Å²) < 4.78 is 3.29. The molecule has 0 saturated heterocycles. The van der Waals surface area contributed by atoms with Crippen molar-refractivity contribution in [1.29, 1.82) is 0 Å². The number of amides is 2. The van der Waals surface area contributed by atoms with E-state index in [2.05, 4.69) is 33.0 Å². The number of hydrogen-bond acceptors (Lipinski definition) is 5. The summed E-state index contributed by atoms with van der Waals surface area (Å²) in [5, 5.41) is 15.8. The van der Waals surface area contributed by atoms with Crippen molar-refractivity contribution in [1.82, 2.24) is 30.2 Å². The first-order chi connectivity index (χ1) is 17.9. The van der Waals surface area contributed by atoms with Crippen LogP contribution in [0.25, 0.3) is 5.69 Å². The van der Waals surface area contributed by atoms with Crippen molar-refractivity contribution in [2.45, 2.75) is 33.0 Å². The zero-order valence-electron chi connectivity index (χ0n) is 21.0. The van der Waals surface area contributed by atoms with Crippen LogP contribution >= 0.6 is 24.0 Å². The number of carbonyl (C=O) groups excluding carboxylic acids is 2. The highest BCUT2D eigenvalue weighted by Gasteiger charge is 2.38. The van der Waals surface area contributed by atoms with Gasteiger partial charge in [0.15, 0.2) is 5.69 Å². The van der Waals surface area contributed by atoms with Crippen LogP contribution in [0.5, 0.6) is 0 Å². The highest BCUT2D eigenvalue weighted by Crippen LogP contribution is 2.34. The van der Waals surface area contributed by atoms with Crippen LogP contribution in [0.1, 0.15) is 49.1 Å². The standard InChI is InChI=1S/C27H26ClN7O2.ClH/c1-16-10-20(31-33(16)2)14-30-26(36)24-23-15-34(21-7-6-17-8-9-29-13-18(17)11-21)27(37)25(23)35(32-24)22-5-3-4-19(28)12-22;/h3-7,10-12,29H,8-9,13-15H2,1-2H3,(H,30,36);1H. The molecule has 196 valence electrons. The molecule has 0 atom stereocenters. The molecule has 11 heteroatoms. The zero-order valence-corrected chi connectivity index (χ0v) is 22.6. The lowest BCUT2D eigenvalue weighted by Crippen LogP contribution is -2.29. The Morgan fingerprint density at radius 2 is 1.95 bits per heavy atom. The molecule has 38 heavy (non-hydrogen) atoms. The lowest BCUT2D eigenvalue weighted by Gasteiger charge is -2.22. The van der Waals surface area contributed by atoms with Gasteiger partial charge < -0.3 is 15.5 Å². The number of anilines is 1. The number of aryl methyl sites for hydroxylation is 2. The van der Waals surface area contributed by atoms with Crippen LogP contribution in [-0.2, 0) is 33.1 Å². The van der Waals surface area contributed by atoms with Gasteiger partial charge in [-0.1, -0.05) is 23.7 Å². The van der Waals surface area contributed by atoms with Crippen molar-refractivity contribution in [2.24, 2.45) is 7.05 Å². The van der Waals surface area contributed by atoms with Crippen LogP contribution in [0.2, 0.25) is 5.02 Å². The minimum Gasteiger partial charge on any atom is -0.345 e. The summed E-state index contributed by atoms with van der Waals surface area (Å²) in [6.07, 6.45) is 0.966. The third-order valence-corrected chi connectivity index (χ3v) is 7.23. The topological polar surface area (TPSA) is 97.1 Å². The molecule has 2 aromatic heterocycles. The van der Waals surface area contributed by atoms with Gasteiger partial charge in [-0.3, -0.25) is 14.3 Å². The number of fused-ring (bicyclic) bond motifs is 2. The molecule has 0 unspecified atom stereocenters. The number of rotatable bonds is 5. The van der Waals surface area contributed by atoms with Gasteiger partial charge in [0.05, 0.1) is 24.5 Å². The monoisotopic (exact) mass is 551 g/mol. The van der Waals surface area contributed by atoms with E-state index in [0.717, 1.165) is 36.6 Å². The van der Waals surface area contributed by atoms with Gasteiger partial charge in [0.2, 0.25) is 0 Å². The first-order valence-electron chi connectivity index (χ1n) is 12.2. The van der Waals surface area contributed by atoms with Gasteiger partial charge in [-0.15, -0.1) is 12.4 Å². The average Bonchev–Trinajstić information content (AvgIpc) is 3.55. The predicted octanol–water partition coefficient (Wildman–Crippen LogP) is 3.73. The lowest BCUT2D eigenvalue weighted by molar-refractivity contribution is 0.0941. The second kappa shape index (κ2) is 10.2. The summed E-state index contributed by atoms with van der Waals surface area (Å²) >= 11 is 6.25. The minimum absolute atomic E-state index is 0. The van der Waals surface area contributed by atoms with Crippen molar-refractivity contribution < 1.29 is 9.59 Å². The first-order valence-corrected chi connectivity index (χ1v) is 12.6. The molecule has 6 rings (SSSR count). The van der Waals surface area contributed by atoms with Crippen molar-refractivity contribution >= 4 is 41.5 Å². The maximum absolute atomic E-state index is 13.8. The Hall–Kier alpha value is -3.66. The van der Waals surface area contributed by atoms with E-state index in [9.17, 15) is 9.59 Å². The Kier molecular flexibility index (Phi) is 7.00. The molecule has 2 aromatic carbocycles. The van der Waals surface area contributed by atoms with E-state index in [0.29, 0.717) is 22.0 Å².